The average molecular weight is 831 g/mol. The van der Waals surface area contributed by atoms with Crippen LogP contribution in [0.15, 0.2) is 255 Å². The number of hydrogen-bond acceptors (Lipinski definition) is 2. The number of hydrogen-bond donors (Lipinski definition) is 0. The summed E-state index contributed by atoms with van der Waals surface area (Å²) >= 11 is 0. The van der Waals surface area contributed by atoms with E-state index in [1.807, 2.05) is 0 Å². The number of fused-ring (bicyclic) bond motifs is 7. The van der Waals surface area contributed by atoms with Crippen LogP contribution in [0.2, 0.25) is 0 Å². The molecule has 2 aliphatic rings. The van der Waals surface area contributed by atoms with E-state index >= 15 is 0 Å². The zero-order valence-corrected chi connectivity index (χ0v) is 36.0. The molecule has 1 heterocycles. The van der Waals surface area contributed by atoms with Crippen LogP contribution in [0.4, 0.5) is 28.4 Å². The van der Waals surface area contributed by atoms with Crippen molar-refractivity contribution >= 4 is 50.0 Å². The van der Waals surface area contributed by atoms with Crippen LogP contribution in [0.1, 0.15) is 17.9 Å². The van der Waals surface area contributed by atoms with Crippen LogP contribution in [0.25, 0.3) is 66.1 Å². The summed E-state index contributed by atoms with van der Waals surface area (Å²) in [5.74, 6) is 0.370. The molecule has 2 bridgehead atoms. The number of anilines is 5. The number of allylic oxidation sites excluding steroid dienone is 3. The molecule has 12 rings (SSSR count). The van der Waals surface area contributed by atoms with Gasteiger partial charge in [0.1, 0.15) is 0 Å². The van der Waals surface area contributed by atoms with Gasteiger partial charge in [0.25, 0.3) is 0 Å². The van der Waals surface area contributed by atoms with Crippen molar-refractivity contribution in [2.24, 2.45) is 0 Å². The Kier molecular flexibility index (Phi) is 9.76. The highest BCUT2D eigenvalue weighted by atomic mass is 15.2. The molecule has 10 aromatic rings. The van der Waals surface area contributed by atoms with Crippen LogP contribution in [-0.2, 0) is 0 Å². The Hall–Kier alpha value is -8.20. The van der Waals surface area contributed by atoms with Gasteiger partial charge >= 0.3 is 0 Å². The molecule has 0 radical (unpaired) electrons. The predicted molar refractivity (Wildman–Crippen MR) is 276 cm³/mol. The summed E-state index contributed by atoms with van der Waals surface area (Å²) < 4.78 is 0. The monoisotopic (exact) mass is 830 g/mol. The average Bonchev–Trinajstić information content (AvgIpc) is 3.60. The Bertz CT molecular complexity index is 3400. The summed E-state index contributed by atoms with van der Waals surface area (Å²) in [6.07, 6.45) is 10.3. The first-order valence-electron chi connectivity index (χ1n) is 22.7. The lowest BCUT2D eigenvalue weighted by Crippen LogP contribution is -2.35. The van der Waals surface area contributed by atoms with E-state index in [0.717, 1.165) is 23.5 Å². The summed E-state index contributed by atoms with van der Waals surface area (Å²) in [5.41, 5.74) is 16.8. The normalized spacial score (nSPS) is 15.2. The molecule has 2 nitrogen and oxygen atoms in total. The summed E-state index contributed by atoms with van der Waals surface area (Å²) in [7, 11) is 0. The van der Waals surface area contributed by atoms with Gasteiger partial charge < -0.3 is 9.80 Å². The van der Waals surface area contributed by atoms with Crippen molar-refractivity contribution in [2.45, 2.75) is 18.4 Å². The highest BCUT2D eigenvalue weighted by molar-refractivity contribution is 6.01. The number of nitrogens with zero attached hydrogens (tertiary/aromatic N) is 2. The molecule has 1 aliphatic carbocycles. The lowest BCUT2D eigenvalue weighted by Gasteiger charge is -2.41. The topological polar surface area (TPSA) is 6.48 Å². The minimum Gasteiger partial charge on any atom is -0.333 e. The van der Waals surface area contributed by atoms with Gasteiger partial charge in [0.05, 0.1) is 11.7 Å². The number of para-hydroxylation sites is 1. The quantitative estimate of drug-likeness (QED) is 0.151. The van der Waals surface area contributed by atoms with Crippen LogP contribution in [0, 0.1) is 0 Å². The Morgan fingerprint density at radius 1 is 0.369 bits per heavy atom. The van der Waals surface area contributed by atoms with Crippen molar-refractivity contribution in [3.63, 3.8) is 0 Å². The molecule has 0 aromatic heterocycles. The second-order valence-corrected chi connectivity index (χ2v) is 17.2. The van der Waals surface area contributed by atoms with Crippen molar-refractivity contribution in [1.29, 1.82) is 0 Å². The molecule has 0 saturated heterocycles. The van der Waals surface area contributed by atoms with Crippen molar-refractivity contribution in [2.75, 3.05) is 9.80 Å². The summed E-state index contributed by atoms with van der Waals surface area (Å²) in [6, 6.07) is 84.7. The molecular weight excluding hydrogens is 785 g/mol. The smallest absolute Gasteiger partial charge is 0.0534 e. The van der Waals surface area contributed by atoms with Crippen molar-refractivity contribution in [3.05, 3.63) is 260 Å². The van der Waals surface area contributed by atoms with E-state index in [1.165, 1.54) is 83.0 Å². The van der Waals surface area contributed by atoms with E-state index in [2.05, 4.69) is 265 Å². The maximum absolute atomic E-state index is 2.61. The molecule has 0 amide bonds. The lowest BCUT2D eigenvalue weighted by atomic mass is 9.83. The molecule has 0 spiro atoms. The van der Waals surface area contributed by atoms with Crippen LogP contribution in [0.3, 0.4) is 0 Å². The third kappa shape index (κ3) is 7.10. The number of benzene rings is 10. The molecule has 0 fully saturated rings. The first-order valence-corrected chi connectivity index (χ1v) is 22.7. The van der Waals surface area contributed by atoms with Gasteiger partial charge in [-0.15, -0.1) is 0 Å². The van der Waals surface area contributed by atoms with Gasteiger partial charge in [0, 0.05) is 39.6 Å². The van der Waals surface area contributed by atoms with Gasteiger partial charge in [-0.25, -0.2) is 0 Å². The Morgan fingerprint density at radius 3 is 1.72 bits per heavy atom. The first-order chi connectivity index (χ1) is 32.2. The molecule has 2 atom stereocenters. The van der Waals surface area contributed by atoms with Gasteiger partial charge in [0.2, 0.25) is 0 Å². The third-order valence-electron chi connectivity index (χ3n) is 13.4. The van der Waals surface area contributed by atoms with E-state index in [1.54, 1.807) is 0 Å². The highest BCUT2D eigenvalue weighted by Crippen LogP contribution is 2.50. The van der Waals surface area contributed by atoms with Gasteiger partial charge in [-0.1, -0.05) is 206 Å². The maximum Gasteiger partial charge on any atom is 0.0534 e. The molecule has 0 N–H and O–H groups in total. The van der Waals surface area contributed by atoms with E-state index in [0.29, 0.717) is 5.92 Å². The minimum atomic E-state index is 0.222. The van der Waals surface area contributed by atoms with E-state index in [4.69, 9.17) is 0 Å². The second-order valence-electron chi connectivity index (χ2n) is 17.2. The molecule has 0 saturated carbocycles. The molecule has 2 heteroatoms. The Balaban J connectivity index is 0.986. The van der Waals surface area contributed by atoms with E-state index < -0.39 is 0 Å². The molecule has 65 heavy (non-hydrogen) atoms. The summed E-state index contributed by atoms with van der Waals surface area (Å²) in [6.45, 7) is 0. The van der Waals surface area contributed by atoms with Crippen molar-refractivity contribution in [3.8, 4) is 44.5 Å². The van der Waals surface area contributed by atoms with Gasteiger partial charge in [0.15, 0.2) is 0 Å². The largest absolute Gasteiger partial charge is 0.333 e. The third-order valence-corrected chi connectivity index (χ3v) is 13.4. The summed E-state index contributed by atoms with van der Waals surface area (Å²) in [4.78, 5) is 5.02. The molecule has 308 valence electrons. The van der Waals surface area contributed by atoms with Crippen LogP contribution < -0.4 is 9.80 Å². The first kappa shape index (κ1) is 38.5. The highest BCUT2D eigenvalue weighted by Gasteiger charge is 2.34. The number of rotatable bonds is 8. The Morgan fingerprint density at radius 2 is 0.938 bits per heavy atom. The zero-order chi connectivity index (χ0) is 43.1. The lowest BCUT2D eigenvalue weighted by molar-refractivity contribution is 0.622. The SMILES string of the molecule is C1=CC2CC(C=C1)N(c1ccccc1-c1ccc(N(c3ccc(-c4ccccc4)cc3)c3ccc(-c4ccc5ccccc5c4)c(-c4ccccc4)c3)cc1)c1c2ccc2ccccc12. The maximum atomic E-state index is 2.61. The van der Waals surface area contributed by atoms with E-state index in [-0.39, 0.29) is 6.04 Å². The fourth-order valence-corrected chi connectivity index (χ4v) is 10.3. The van der Waals surface area contributed by atoms with Crippen LogP contribution in [0.5, 0.6) is 0 Å². The van der Waals surface area contributed by atoms with Crippen LogP contribution in [-0.4, -0.2) is 6.04 Å². The zero-order valence-electron chi connectivity index (χ0n) is 36.0. The van der Waals surface area contributed by atoms with Crippen LogP contribution >= 0.6 is 0 Å². The van der Waals surface area contributed by atoms with Crippen molar-refractivity contribution in [1.82, 2.24) is 0 Å². The fraction of sp³-hybridized carbons (Fsp3) is 0.0476. The van der Waals surface area contributed by atoms with Gasteiger partial charge in [-0.2, -0.15) is 0 Å². The summed E-state index contributed by atoms with van der Waals surface area (Å²) in [5, 5.41) is 5.04. The van der Waals surface area contributed by atoms with E-state index in [9.17, 15) is 0 Å². The predicted octanol–water partition coefficient (Wildman–Crippen LogP) is 17.3. The standard InChI is InChI=1S/C63H46N2/c1-3-15-44(16-4-1)46-29-34-53(35-30-46)64(56-38-40-57(61(43-56)47-18-5-2-6-19-47)52-28-27-45-17-7-8-21-50(45)41-52)54-36-31-49(32-37-54)58-24-13-14-26-62(58)65-55-23-11-9-22-51(42-55)60-39-33-48-20-10-12-25-59(48)63(60)65/h1-41,43,51,55H,42H2. The second kappa shape index (κ2) is 16.5. The van der Waals surface area contributed by atoms with Gasteiger partial charge in [-0.3, -0.25) is 0 Å². The molecular formula is C63H46N2. The molecule has 1 aliphatic heterocycles. The molecule has 10 aromatic carbocycles. The molecule has 2 unspecified atom stereocenters. The van der Waals surface area contributed by atoms with Gasteiger partial charge in [-0.05, 0) is 116 Å². The minimum absolute atomic E-state index is 0.222. The van der Waals surface area contributed by atoms with Crippen molar-refractivity contribution < 1.29 is 0 Å². The fourth-order valence-electron chi connectivity index (χ4n) is 10.3. The Labute approximate surface area is 381 Å².